The fourth-order valence-corrected chi connectivity index (χ4v) is 2.10. The molecule has 1 aromatic heterocycles. The third-order valence-corrected chi connectivity index (χ3v) is 3.08. The molecule has 1 fully saturated rings. The first-order valence-electron chi connectivity index (χ1n) is 6.31. The third kappa shape index (κ3) is 5.14. The summed E-state index contributed by atoms with van der Waals surface area (Å²) in [7, 11) is 1.97. The van der Waals surface area contributed by atoms with Crippen molar-refractivity contribution in [2.45, 2.75) is 6.54 Å². The van der Waals surface area contributed by atoms with Gasteiger partial charge in [-0.15, -0.1) is 12.4 Å². The van der Waals surface area contributed by atoms with Gasteiger partial charge in [-0.3, -0.25) is 14.7 Å². The number of nitrogens with zero attached hydrogens (tertiary/aromatic N) is 3. The standard InChI is InChI=1S/C13H20N4O.ClH/c1-16(10-12-2-4-14-5-3-12)11-13(18)17-8-6-15-7-9-17;/h2-5,15H,6-11H2,1H3;1H. The Morgan fingerprint density at radius 3 is 2.63 bits per heavy atom. The monoisotopic (exact) mass is 284 g/mol. The number of hydrogen-bond acceptors (Lipinski definition) is 4. The van der Waals surface area contributed by atoms with Crippen LogP contribution in [-0.2, 0) is 11.3 Å². The molecule has 5 nitrogen and oxygen atoms in total. The van der Waals surface area contributed by atoms with E-state index in [0.717, 1.165) is 32.7 Å². The lowest BCUT2D eigenvalue weighted by molar-refractivity contribution is -0.132. The molecule has 0 unspecified atom stereocenters. The number of rotatable bonds is 4. The summed E-state index contributed by atoms with van der Waals surface area (Å²) in [5.41, 5.74) is 1.18. The van der Waals surface area contributed by atoms with Gasteiger partial charge in [0.05, 0.1) is 6.54 Å². The van der Waals surface area contributed by atoms with Gasteiger partial charge in [0, 0.05) is 45.1 Å². The highest BCUT2D eigenvalue weighted by Gasteiger charge is 2.17. The van der Waals surface area contributed by atoms with Crippen LogP contribution in [0, 0.1) is 0 Å². The fraction of sp³-hybridized carbons (Fsp3) is 0.538. The number of nitrogens with one attached hydrogen (secondary N) is 1. The smallest absolute Gasteiger partial charge is 0.236 e. The van der Waals surface area contributed by atoms with Crippen LogP contribution in [0.4, 0.5) is 0 Å². The van der Waals surface area contributed by atoms with E-state index >= 15 is 0 Å². The van der Waals surface area contributed by atoms with Crippen LogP contribution in [0.3, 0.4) is 0 Å². The molecule has 1 aliphatic rings. The maximum Gasteiger partial charge on any atom is 0.236 e. The normalized spacial score (nSPS) is 15.2. The van der Waals surface area contributed by atoms with Crippen LogP contribution < -0.4 is 5.32 Å². The summed E-state index contributed by atoms with van der Waals surface area (Å²) in [6.45, 7) is 4.70. The highest BCUT2D eigenvalue weighted by molar-refractivity contribution is 5.85. The zero-order chi connectivity index (χ0) is 12.8. The predicted molar refractivity (Wildman–Crippen MR) is 77.3 cm³/mol. The third-order valence-electron chi connectivity index (χ3n) is 3.08. The molecule has 106 valence electrons. The number of carbonyl (C=O) groups is 1. The van der Waals surface area contributed by atoms with E-state index in [9.17, 15) is 4.79 Å². The maximum atomic E-state index is 12.0. The number of piperazine rings is 1. The van der Waals surface area contributed by atoms with E-state index in [1.54, 1.807) is 12.4 Å². The van der Waals surface area contributed by atoms with Gasteiger partial charge in [-0.25, -0.2) is 0 Å². The average molecular weight is 285 g/mol. The minimum absolute atomic E-state index is 0. The van der Waals surface area contributed by atoms with Crippen LogP contribution in [-0.4, -0.2) is 60.5 Å². The molecule has 0 aliphatic carbocycles. The Morgan fingerprint density at radius 1 is 1.37 bits per heavy atom. The quantitative estimate of drug-likeness (QED) is 0.868. The lowest BCUT2D eigenvalue weighted by Gasteiger charge is -2.29. The molecule has 0 saturated carbocycles. The van der Waals surface area contributed by atoms with Crippen molar-refractivity contribution in [1.29, 1.82) is 0 Å². The van der Waals surface area contributed by atoms with E-state index in [1.807, 2.05) is 29.0 Å². The van der Waals surface area contributed by atoms with Crippen molar-refractivity contribution < 1.29 is 4.79 Å². The molecule has 0 atom stereocenters. The summed E-state index contributed by atoms with van der Waals surface area (Å²) in [5.74, 6) is 0.216. The first-order chi connectivity index (χ1) is 8.75. The molecule has 6 heteroatoms. The van der Waals surface area contributed by atoms with Crippen molar-refractivity contribution in [2.75, 3.05) is 39.8 Å². The molecular weight excluding hydrogens is 264 g/mol. The molecule has 1 amide bonds. The lowest BCUT2D eigenvalue weighted by Crippen LogP contribution is -2.49. The van der Waals surface area contributed by atoms with Gasteiger partial charge < -0.3 is 10.2 Å². The minimum atomic E-state index is 0. The largest absolute Gasteiger partial charge is 0.339 e. The second-order valence-electron chi connectivity index (χ2n) is 4.66. The first-order valence-corrected chi connectivity index (χ1v) is 6.31. The van der Waals surface area contributed by atoms with Crippen LogP contribution in [0.25, 0.3) is 0 Å². The summed E-state index contributed by atoms with van der Waals surface area (Å²) in [4.78, 5) is 20.0. The molecule has 2 rings (SSSR count). The predicted octanol–water partition coefficient (Wildman–Crippen LogP) is 0.367. The summed E-state index contributed by atoms with van der Waals surface area (Å²) >= 11 is 0. The Morgan fingerprint density at radius 2 is 2.00 bits per heavy atom. The van der Waals surface area contributed by atoms with Crippen LogP contribution in [0.5, 0.6) is 0 Å². The molecular formula is C13H21ClN4O. The fourth-order valence-electron chi connectivity index (χ4n) is 2.10. The van der Waals surface area contributed by atoms with Crippen LogP contribution in [0.1, 0.15) is 5.56 Å². The number of likely N-dealkylation sites (N-methyl/N-ethyl adjacent to an activating group) is 1. The molecule has 0 radical (unpaired) electrons. The Kier molecular flexibility index (Phi) is 6.77. The van der Waals surface area contributed by atoms with Crippen molar-refractivity contribution in [3.63, 3.8) is 0 Å². The molecule has 1 aliphatic heterocycles. The second-order valence-corrected chi connectivity index (χ2v) is 4.66. The Balaban J connectivity index is 0.00000180. The van der Waals surface area contributed by atoms with Gasteiger partial charge in [0.2, 0.25) is 5.91 Å². The number of aromatic nitrogens is 1. The molecule has 1 N–H and O–H groups in total. The molecule has 2 heterocycles. The van der Waals surface area contributed by atoms with E-state index in [-0.39, 0.29) is 18.3 Å². The van der Waals surface area contributed by atoms with E-state index in [2.05, 4.69) is 10.3 Å². The number of amides is 1. The SMILES string of the molecule is CN(CC(=O)N1CCNCC1)Cc1ccncc1.Cl. The molecule has 0 bridgehead atoms. The second kappa shape index (κ2) is 8.09. The van der Waals surface area contributed by atoms with Crippen molar-refractivity contribution >= 4 is 18.3 Å². The molecule has 1 saturated heterocycles. The van der Waals surface area contributed by atoms with Gasteiger partial charge >= 0.3 is 0 Å². The van der Waals surface area contributed by atoms with Gasteiger partial charge in [0.25, 0.3) is 0 Å². The number of pyridine rings is 1. The molecule has 1 aromatic rings. The molecule has 19 heavy (non-hydrogen) atoms. The Bertz CT molecular complexity index is 381. The zero-order valence-electron chi connectivity index (χ0n) is 11.2. The summed E-state index contributed by atoms with van der Waals surface area (Å²) < 4.78 is 0. The number of hydrogen-bond donors (Lipinski definition) is 1. The summed E-state index contributed by atoms with van der Waals surface area (Å²) in [6, 6.07) is 3.96. The van der Waals surface area contributed by atoms with E-state index in [4.69, 9.17) is 0 Å². The van der Waals surface area contributed by atoms with Crippen molar-refractivity contribution in [1.82, 2.24) is 20.1 Å². The highest BCUT2D eigenvalue weighted by Crippen LogP contribution is 2.02. The lowest BCUT2D eigenvalue weighted by atomic mass is 10.2. The zero-order valence-corrected chi connectivity index (χ0v) is 12.0. The van der Waals surface area contributed by atoms with E-state index in [0.29, 0.717) is 6.54 Å². The number of halogens is 1. The van der Waals surface area contributed by atoms with Gasteiger partial charge in [-0.05, 0) is 24.7 Å². The van der Waals surface area contributed by atoms with Crippen LogP contribution >= 0.6 is 12.4 Å². The van der Waals surface area contributed by atoms with Crippen molar-refractivity contribution in [3.05, 3.63) is 30.1 Å². The number of carbonyl (C=O) groups excluding carboxylic acids is 1. The van der Waals surface area contributed by atoms with Gasteiger partial charge in [0.15, 0.2) is 0 Å². The first kappa shape index (κ1) is 15.9. The molecule has 0 spiro atoms. The van der Waals surface area contributed by atoms with Crippen LogP contribution in [0.15, 0.2) is 24.5 Å². The Labute approximate surface area is 120 Å². The van der Waals surface area contributed by atoms with Crippen molar-refractivity contribution in [3.8, 4) is 0 Å². The highest BCUT2D eigenvalue weighted by atomic mass is 35.5. The molecule has 0 aromatic carbocycles. The van der Waals surface area contributed by atoms with Crippen LogP contribution in [0.2, 0.25) is 0 Å². The van der Waals surface area contributed by atoms with Crippen molar-refractivity contribution in [2.24, 2.45) is 0 Å². The maximum absolute atomic E-state index is 12.0. The van der Waals surface area contributed by atoms with Gasteiger partial charge in [0.1, 0.15) is 0 Å². The summed E-state index contributed by atoms with van der Waals surface area (Å²) in [5, 5.41) is 3.25. The van der Waals surface area contributed by atoms with E-state index in [1.165, 1.54) is 5.56 Å². The summed E-state index contributed by atoms with van der Waals surface area (Å²) in [6.07, 6.45) is 3.56. The Hall–Kier alpha value is -1.17. The topological polar surface area (TPSA) is 48.5 Å². The average Bonchev–Trinajstić information content (AvgIpc) is 2.40. The minimum Gasteiger partial charge on any atom is -0.339 e. The van der Waals surface area contributed by atoms with Gasteiger partial charge in [-0.2, -0.15) is 0 Å². The van der Waals surface area contributed by atoms with E-state index < -0.39 is 0 Å². The van der Waals surface area contributed by atoms with Gasteiger partial charge in [-0.1, -0.05) is 0 Å².